The van der Waals surface area contributed by atoms with Crippen LogP contribution in [0.1, 0.15) is 28.8 Å². The van der Waals surface area contributed by atoms with E-state index in [1.165, 1.54) is 5.56 Å². The summed E-state index contributed by atoms with van der Waals surface area (Å²) in [6, 6.07) is 15.9. The van der Waals surface area contributed by atoms with Crippen molar-refractivity contribution in [3.63, 3.8) is 0 Å². The van der Waals surface area contributed by atoms with Gasteiger partial charge in [0, 0.05) is 42.8 Å². The van der Waals surface area contributed by atoms with E-state index in [9.17, 15) is 4.79 Å². The molecular weight excluding hydrogens is 364 g/mol. The zero-order chi connectivity index (χ0) is 20.1. The van der Waals surface area contributed by atoms with Crippen LogP contribution in [-0.4, -0.2) is 46.6 Å². The Morgan fingerprint density at radius 2 is 2.10 bits per heavy atom. The number of carbonyl (C=O) groups is 1. The number of nitrogens with one attached hydrogen (secondary N) is 1. The molecule has 0 saturated carbocycles. The highest BCUT2D eigenvalue weighted by atomic mass is 16.5. The van der Waals surface area contributed by atoms with Crippen molar-refractivity contribution in [2.45, 2.75) is 25.4 Å². The van der Waals surface area contributed by atoms with Gasteiger partial charge in [0.05, 0.1) is 13.4 Å². The Bertz CT molecular complexity index is 938. The third-order valence-corrected chi connectivity index (χ3v) is 5.31. The number of likely N-dealkylation sites (tertiary alicyclic amines) is 1. The number of imidazole rings is 1. The number of nitrogens with zero attached hydrogens (tertiary/aromatic N) is 3. The molecule has 0 aliphatic carbocycles. The van der Waals surface area contributed by atoms with Crippen LogP contribution < -0.4 is 10.1 Å². The molecule has 4 rings (SSSR count). The van der Waals surface area contributed by atoms with Crippen LogP contribution in [0.15, 0.2) is 67.3 Å². The summed E-state index contributed by atoms with van der Waals surface area (Å²) in [7, 11) is 1.69. The number of ether oxygens (including phenoxy) is 1. The summed E-state index contributed by atoms with van der Waals surface area (Å²) < 4.78 is 7.23. The molecule has 1 unspecified atom stereocenters. The van der Waals surface area contributed by atoms with E-state index in [0.717, 1.165) is 43.9 Å². The van der Waals surface area contributed by atoms with Gasteiger partial charge in [-0.25, -0.2) is 4.98 Å². The maximum atomic E-state index is 12.7. The first-order chi connectivity index (χ1) is 14.2. The van der Waals surface area contributed by atoms with Gasteiger partial charge in [-0.3, -0.25) is 9.69 Å². The number of hydrogen-bond acceptors (Lipinski definition) is 4. The Labute approximate surface area is 171 Å². The molecule has 1 aromatic heterocycles. The highest BCUT2D eigenvalue weighted by Crippen LogP contribution is 2.18. The van der Waals surface area contributed by atoms with E-state index >= 15 is 0 Å². The molecule has 6 heteroatoms. The molecule has 2 heterocycles. The topological polar surface area (TPSA) is 59.4 Å². The maximum absolute atomic E-state index is 12.7. The van der Waals surface area contributed by atoms with Crippen molar-refractivity contribution < 1.29 is 9.53 Å². The first kappa shape index (κ1) is 19.2. The molecular formula is C23H26N4O2. The first-order valence-electron chi connectivity index (χ1n) is 9.96. The van der Waals surface area contributed by atoms with Gasteiger partial charge in [0.1, 0.15) is 5.75 Å². The highest BCUT2D eigenvalue weighted by Gasteiger charge is 2.22. The fraction of sp³-hybridized carbons (Fsp3) is 0.304. The quantitative estimate of drug-likeness (QED) is 0.702. The second kappa shape index (κ2) is 8.92. The lowest BCUT2D eigenvalue weighted by atomic mass is 10.0. The van der Waals surface area contributed by atoms with Crippen molar-refractivity contribution >= 4 is 5.91 Å². The molecule has 0 spiro atoms. The van der Waals surface area contributed by atoms with Crippen molar-refractivity contribution in [2.75, 3.05) is 20.2 Å². The summed E-state index contributed by atoms with van der Waals surface area (Å²) in [6.45, 7) is 2.77. The molecule has 2 aromatic carbocycles. The van der Waals surface area contributed by atoms with Gasteiger partial charge in [0.25, 0.3) is 5.91 Å². The van der Waals surface area contributed by atoms with E-state index in [1.807, 2.05) is 47.2 Å². The van der Waals surface area contributed by atoms with Gasteiger partial charge in [0.15, 0.2) is 0 Å². The minimum Gasteiger partial charge on any atom is -0.497 e. The fourth-order valence-electron chi connectivity index (χ4n) is 3.81. The smallest absolute Gasteiger partial charge is 0.251 e. The number of methoxy groups -OCH3 is 1. The molecule has 1 amide bonds. The molecule has 6 nitrogen and oxygen atoms in total. The second-order valence-corrected chi connectivity index (χ2v) is 7.42. The molecule has 0 radical (unpaired) electrons. The van der Waals surface area contributed by atoms with Gasteiger partial charge in [-0.2, -0.15) is 0 Å². The van der Waals surface area contributed by atoms with Gasteiger partial charge in [-0.05, 0) is 61.3 Å². The maximum Gasteiger partial charge on any atom is 0.251 e. The van der Waals surface area contributed by atoms with Gasteiger partial charge in [-0.15, -0.1) is 0 Å². The average Bonchev–Trinajstić information content (AvgIpc) is 3.29. The molecule has 1 aliphatic heterocycles. The molecule has 0 bridgehead atoms. The molecule has 1 N–H and O–H groups in total. The summed E-state index contributed by atoms with van der Waals surface area (Å²) in [6.07, 6.45) is 7.45. The standard InChI is InChI=1S/C23H26N4O2/c1-29-22-6-2-4-18(14-22)15-26-12-3-5-20(16-26)25-23(28)19-7-9-21(10-8-19)27-13-11-24-17-27/h2,4,6-11,13-14,17,20H,3,5,12,15-16H2,1H3,(H,25,28). The first-order valence-corrected chi connectivity index (χ1v) is 9.96. The third kappa shape index (κ3) is 4.84. The van der Waals surface area contributed by atoms with Crippen LogP contribution in [0.4, 0.5) is 0 Å². The van der Waals surface area contributed by atoms with Crippen LogP contribution >= 0.6 is 0 Å². The summed E-state index contributed by atoms with van der Waals surface area (Å²) in [5.74, 6) is 0.860. The lowest BCUT2D eigenvalue weighted by Crippen LogP contribution is -2.47. The Morgan fingerprint density at radius 1 is 1.24 bits per heavy atom. The van der Waals surface area contributed by atoms with Gasteiger partial charge in [-0.1, -0.05) is 12.1 Å². The van der Waals surface area contributed by atoms with Crippen LogP contribution in [0.2, 0.25) is 0 Å². The van der Waals surface area contributed by atoms with Crippen molar-refractivity contribution in [3.8, 4) is 11.4 Å². The van der Waals surface area contributed by atoms with Gasteiger partial charge >= 0.3 is 0 Å². The molecule has 29 heavy (non-hydrogen) atoms. The minimum atomic E-state index is -0.0181. The van der Waals surface area contributed by atoms with Crippen molar-refractivity contribution in [3.05, 3.63) is 78.4 Å². The van der Waals surface area contributed by atoms with Crippen LogP contribution in [-0.2, 0) is 6.54 Å². The predicted molar refractivity (Wildman–Crippen MR) is 112 cm³/mol. The summed E-state index contributed by atoms with van der Waals surface area (Å²) in [5.41, 5.74) is 2.89. The molecule has 1 atom stereocenters. The van der Waals surface area contributed by atoms with E-state index in [-0.39, 0.29) is 11.9 Å². The van der Waals surface area contributed by atoms with Gasteiger partial charge in [0.2, 0.25) is 0 Å². The predicted octanol–water partition coefficient (Wildman–Crippen LogP) is 3.28. The molecule has 1 aliphatic rings. The van der Waals surface area contributed by atoms with Crippen molar-refractivity contribution in [2.24, 2.45) is 0 Å². The Kier molecular flexibility index (Phi) is 5.91. The van der Waals surface area contributed by atoms with Crippen LogP contribution in [0.25, 0.3) is 5.69 Å². The minimum absolute atomic E-state index is 0.0181. The number of aromatic nitrogens is 2. The van der Waals surface area contributed by atoms with Crippen molar-refractivity contribution in [1.29, 1.82) is 0 Å². The molecule has 150 valence electrons. The van der Waals surface area contributed by atoms with Crippen LogP contribution in [0.3, 0.4) is 0 Å². The Balaban J connectivity index is 1.34. The molecule has 1 fully saturated rings. The Morgan fingerprint density at radius 3 is 2.86 bits per heavy atom. The molecule has 3 aromatic rings. The lowest BCUT2D eigenvalue weighted by Gasteiger charge is -2.33. The van der Waals surface area contributed by atoms with E-state index in [2.05, 4.69) is 27.3 Å². The highest BCUT2D eigenvalue weighted by molar-refractivity contribution is 5.94. The monoisotopic (exact) mass is 390 g/mol. The SMILES string of the molecule is COc1cccc(CN2CCCC(NC(=O)c3ccc(-n4ccnc4)cc3)C2)c1. The number of carbonyl (C=O) groups excluding carboxylic acids is 1. The van der Waals surface area contributed by atoms with Crippen LogP contribution in [0, 0.1) is 0 Å². The van der Waals surface area contributed by atoms with Crippen molar-refractivity contribution in [1.82, 2.24) is 19.8 Å². The number of amides is 1. The van der Waals surface area contributed by atoms with E-state index in [0.29, 0.717) is 5.56 Å². The summed E-state index contributed by atoms with van der Waals surface area (Å²) >= 11 is 0. The lowest BCUT2D eigenvalue weighted by molar-refractivity contribution is 0.0901. The zero-order valence-corrected chi connectivity index (χ0v) is 16.6. The summed E-state index contributed by atoms with van der Waals surface area (Å²) in [5, 5.41) is 3.20. The van der Waals surface area contributed by atoms with Gasteiger partial charge < -0.3 is 14.6 Å². The molecule has 1 saturated heterocycles. The largest absolute Gasteiger partial charge is 0.497 e. The van der Waals surface area contributed by atoms with Crippen LogP contribution in [0.5, 0.6) is 5.75 Å². The van der Waals surface area contributed by atoms with E-state index in [4.69, 9.17) is 4.74 Å². The average molecular weight is 390 g/mol. The third-order valence-electron chi connectivity index (χ3n) is 5.31. The second-order valence-electron chi connectivity index (χ2n) is 7.42. The normalized spacial score (nSPS) is 17.1. The number of rotatable bonds is 6. The van der Waals surface area contributed by atoms with E-state index < -0.39 is 0 Å². The number of benzene rings is 2. The number of hydrogen-bond donors (Lipinski definition) is 1. The fourth-order valence-corrected chi connectivity index (χ4v) is 3.81. The zero-order valence-electron chi connectivity index (χ0n) is 16.6. The summed E-state index contributed by atoms with van der Waals surface area (Å²) in [4.78, 5) is 19.1. The number of piperidine rings is 1. The van der Waals surface area contributed by atoms with E-state index in [1.54, 1.807) is 19.6 Å². The Hall–Kier alpha value is -3.12.